The number of benzene rings is 1. The molecule has 0 heterocycles. The van der Waals surface area contributed by atoms with E-state index in [9.17, 15) is 32.9 Å². The molecule has 0 saturated heterocycles. The first-order chi connectivity index (χ1) is 14.2. The summed E-state index contributed by atoms with van der Waals surface area (Å²) in [5.74, 6) is -9.60. The first kappa shape index (κ1) is 23.5. The molecular weight excluding hydrogens is 405 g/mol. The number of carbonyl (C=O) groups is 2. The normalized spacial score (nSPS) is 15.5. The number of nitro groups is 1. The molecule has 1 aromatic carbocycles. The van der Waals surface area contributed by atoms with Gasteiger partial charge in [0.15, 0.2) is 17.5 Å². The Balaban J connectivity index is 2.51. The van der Waals surface area contributed by atoms with Crippen LogP contribution in [-0.2, 0) is 9.53 Å². The Morgan fingerprint density at radius 3 is 2.43 bits per heavy atom. The number of halogens is 3. The first-order valence-electron chi connectivity index (χ1n) is 9.76. The number of unbranched alkanes of at least 4 members (excludes halogenated alkanes) is 1. The fraction of sp³-hybridized carbons (Fsp3) is 0.550. The zero-order valence-corrected chi connectivity index (χ0v) is 16.8. The molecule has 1 aliphatic rings. The molecule has 2 rings (SSSR count). The van der Waals surface area contributed by atoms with E-state index in [0.717, 1.165) is 38.8 Å². The van der Waals surface area contributed by atoms with Crippen molar-refractivity contribution in [2.24, 2.45) is 10.9 Å². The van der Waals surface area contributed by atoms with Crippen LogP contribution in [0.3, 0.4) is 0 Å². The maximum absolute atomic E-state index is 14.7. The lowest BCUT2D eigenvalue weighted by Gasteiger charge is -2.14. The van der Waals surface area contributed by atoms with Crippen molar-refractivity contribution in [1.29, 1.82) is 0 Å². The minimum absolute atomic E-state index is 0.0161. The van der Waals surface area contributed by atoms with E-state index in [4.69, 9.17) is 4.74 Å². The third-order valence-corrected chi connectivity index (χ3v) is 4.99. The highest BCUT2D eigenvalue weighted by Crippen LogP contribution is 2.32. The van der Waals surface area contributed by atoms with E-state index >= 15 is 0 Å². The number of Topliss-reactive ketones (excluding diaryl/α,β-unsaturated/α-hetero) is 1. The number of carbonyl (C=O) groups excluding carboxylic acids is 2. The molecule has 1 saturated carbocycles. The van der Waals surface area contributed by atoms with Gasteiger partial charge in [-0.3, -0.25) is 24.7 Å². The summed E-state index contributed by atoms with van der Waals surface area (Å²) in [5, 5.41) is 11.3. The van der Waals surface area contributed by atoms with E-state index in [1.807, 2.05) is 6.92 Å². The maximum atomic E-state index is 14.7. The van der Waals surface area contributed by atoms with Crippen LogP contribution in [0.2, 0.25) is 0 Å². The molecule has 0 bridgehead atoms. The number of aliphatic imine (C=N–C) groups is 1. The second-order valence-electron chi connectivity index (χ2n) is 7.15. The summed E-state index contributed by atoms with van der Waals surface area (Å²) in [6.07, 6.45) is 5.50. The Morgan fingerprint density at radius 1 is 1.23 bits per heavy atom. The summed E-state index contributed by atoms with van der Waals surface area (Å²) in [5.41, 5.74) is -3.85. The minimum atomic E-state index is -1.96. The van der Waals surface area contributed by atoms with Crippen LogP contribution < -0.4 is 0 Å². The van der Waals surface area contributed by atoms with Gasteiger partial charge in [0.1, 0.15) is 11.4 Å². The Bertz CT molecular complexity index is 867. The lowest BCUT2D eigenvalue weighted by molar-refractivity contribution is -0.388. The number of nitrogens with zero attached hydrogens (tertiary/aromatic N) is 2. The maximum Gasteiger partial charge on any atom is 0.322 e. The topological polar surface area (TPSA) is 98.9 Å². The van der Waals surface area contributed by atoms with Crippen LogP contribution in [0.25, 0.3) is 0 Å². The van der Waals surface area contributed by atoms with Crippen molar-refractivity contribution in [3.8, 4) is 0 Å². The fourth-order valence-corrected chi connectivity index (χ4v) is 3.22. The van der Waals surface area contributed by atoms with Crippen molar-refractivity contribution in [3.05, 3.63) is 38.7 Å². The van der Waals surface area contributed by atoms with E-state index in [2.05, 4.69) is 4.99 Å². The molecule has 0 radical (unpaired) electrons. The van der Waals surface area contributed by atoms with Gasteiger partial charge in [0.25, 0.3) is 0 Å². The highest BCUT2D eigenvalue weighted by molar-refractivity contribution is 6.20. The number of ether oxygens (including phenoxy) is 1. The van der Waals surface area contributed by atoms with Gasteiger partial charge in [0, 0.05) is 17.8 Å². The summed E-state index contributed by atoms with van der Waals surface area (Å²) in [6.45, 7) is 2.67. The highest BCUT2D eigenvalue weighted by atomic mass is 19.2. The molecule has 0 spiro atoms. The Kier molecular flexibility index (Phi) is 8.08. The van der Waals surface area contributed by atoms with Gasteiger partial charge in [-0.25, -0.2) is 8.78 Å². The van der Waals surface area contributed by atoms with Crippen LogP contribution in [0.4, 0.5) is 18.9 Å². The Hall–Kier alpha value is -2.78. The van der Waals surface area contributed by atoms with Crippen LogP contribution >= 0.6 is 0 Å². The molecule has 0 aromatic heterocycles. The summed E-state index contributed by atoms with van der Waals surface area (Å²) in [7, 11) is 0. The van der Waals surface area contributed by atoms with Gasteiger partial charge >= 0.3 is 11.7 Å². The standard InChI is InChI=1S/C20H23F3N2O5/c1-3-4-9-30-20(27)13(10-24-12-7-5-6-8-12)19(26)14-15(21)11(2)16(22)17(23)18(14)25(28)29/h10,12-13H,3-9H2,1-2H3. The fourth-order valence-electron chi connectivity index (χ4n) is 3.22. The predicted octanol–water partition coefficient (Wildman–Crippen LogP) is 4.48. The summed E-state index contributed by atoms with van der Waals surface area (Å²) in [4.78, 5) is 39.5. The van der Waals surface area contributed by atoms with Crippen molar-refractivity contribution < 1.29 is 32.4 Å². The molecule has 1 aromatic rings. The molecule has 10 heteroatoms. The third kappa shape index (κ3) is 5.03. The Morgan fingerprint density at radius 2 is 1.87 bits per heavy atom. The van der Waals surface area contributed by atoms with Crippen LogP contribution in [-0.4, -0.2) is 35.5 Å². The molecule has 1 fully saturated rings. The SMILES string of the molecule is CCCCOC(=O)C(C=NC1CCCC1)C(=O)c1c(F)c(C)c(F)c(F)c1[N+](=O)[O-]. The quantitative estimate of drug-likeness (QED) is 0.0844. The molecule has 30 heavy (non-hydrogen) atoms. The van der Waals surface area contributed by atoms with E-state index in [-0.39, 0.29) is 12.6 Å². The molecular formula is C20H23F3N2O5. The van der Waals surface area contributed by atoms with Gasteiger partial charge in [-0.15, -0.1) is 0 Å². The minimum Gasteiger partial charge on any atom is -0.465 e. The predicted molar refractivity (Wildman–Crippen MR) is 102 cm³/mol. The number of nitro benzene ring substituents is 1. The average Bonchev–Trinajstić information content (AvgIpc) is 3.22. The molecule has 0 N–H and O–H groups in total. The van der Waals surface area contributed by atoms with E-state index in [0.29, 0.717) is 12.8 Å². The lowest BCUT2D eigenvalue weighted by atomic mass is 9.94. The van der Waals surface area contributed by atoms with Crippen molar-refractivity contribution in [2.75, 3.05) is 6.61 Å². The Labute approximate surface area is 171 Å². The molecule has 164 valence electrons. The van der Waals surface area contributed by atoms with Crippen molar-refractivity contribution in [1.82, 2.24) is 0 Å². The third-order valence-electron chi connectivity index (χ3n) is 4.99. The van der Waals surface area contributed by atoms with Gasteiger partial charge in [-0.1, -0.05) is 26.2 Å². The zero-order valence-electron chi connectivity index (χ0n) is 16.8. The van der Waals surface area contributed by atoms with Crippen LogP contribution in [0.5, 0.6) is 0 Å². The molecule has 1 aliphatic carbocycles. The van der Waals surface area contributed by atoms with Gasteiger partial charge < -0.3 is 4.74 Å². The first-order valence-corrected chi connectivity index (χ1v) is 9.76. The summed E-state index contributed by atoms with van der Waals surface area (Å²) >= 11 is 0. The van der Waals surface area contributed by atoms with Crippen LogP contribution in [0.1, 0.15) is 61.4 Å². The van der Waals surface area contributed by atoms with Crippen LogP contribution in [0.15, 0.2) is 4.99 Å². The van der Waals surface area contributed by atoms with Gasteiger partial charge in [-0.05, 0) is 26.2 Å². The summed E-state index contributed by atoms with van der Waals surface area (Å²) in [6, 6.07) is -0.143. The lowest BCUT2D eigenvalue weighted by Crippen LogP contribution is -2.30. The van der Waals surface area contributed by atoms with Crippen LogP contribution in [0, 0.1) is 40.4 Å². The molecule has 7 nitrogen and oxygen atoms in total. The molecule has 1 atom stereocenters. The average molecular weight is 428 g/mol. The van der Waals surface area contributed by atoms with E-state index < -0.39 is 56.9 Å². The summed E-state index contributed by atoms with van der Waals surface area (Å²) < 4.78 is 47.7. The highest BCUT2D eigenvalue weighted by Gasteiger charge is 2.40. The zero-order chi connectivity index (χ0) is 22.4. The monoisotopic (exact) mass is 428 g/mol. The molecule has 0 aliphatic heterocycles. The second kappa shape index (κ2) is 10.3. The molecule has 1 unspecified atom stereocenters. The van der Waals surface area contributed by atoms with Crippen molar-refractivity contribution >= 4 is 23.7 Å². The number of hydrogen-bond acceptors (Lipinski definition) is 6. The second-order valence-corrected chi connectivity index (χ2v) is 7.15. The van der Waals surface area contributed by atoms with E-state index in [1.165, 1.54) is 0 Å². The van der Waals surface area contributed by atoms with Gasteiger partial charge in [-0.2, -0.15) is 4.39 Å². The number of ketones is 1. The number of hydrogen-bond donors (Lipinski definition) is 0. The number of esters is 1. The van der Waals surface area contributed by atoms with Gasteiger partial charge in [0.2, 0.25) is 5.82 Å². The van der Waals surface area contributed by atoms with Gasteiger partial charge in [0.05, 0.1) is 11.5 Å². The van der Waals surface area contributed by atoms with Crippen molar-refractivity contribution in [2.45, 2.75) is 58.4 Å². The van der Waals surface area contributed by atoms with E-state index in [1.54, 1.807) is 0 Å². The van der Waals surface area contributed by atoms with Crippen molar-refractivity contribution in [3.63, 3.8) is 0 Å². The largest absolute Gasteiger partial charge is 0.465 e. The molecule has 0 amide bonds. The smallest absolute Gasteiger partial charge is 0.322 e. The number of rotatable bonds is 9.